The molecule has 75 valence electrons. The van der Waals surface area contributed by atoms with Gasteiger partial charge in [0, 0.05) is 38.5 Å². The average Bonchev–Trinajstić information content (AvgIpc) is 2.21. The molecule has 0 aliphatic rings. The van der Waals surface area contributed by atoms with Gasteiger partial charge >= 0.3 is 0 Å². The van der Waals surface area contributed by atoms with E-state index in [0.717, 1.165) is 0 Å². The van der Waals surface area contributed by atoms with Crippen LogP contribution in [0.2, 0.25) is 0 Å². The molecule has 15 heavy (non-hydrogen) atoms. The summed E-state index contributed by atoms with van der Waals surface area (Å²) in [6, 6.07) is 20.1. The zero-order valence-electron chi connectivity index (χ0n) is 8.64. The molecule has 0 saturated heterocycles. The molecule has 0 unspecified atom stereocenters. The molecule has 0 amide bonds. The second-order valence-electron chi connectivity index (χ2n) is 2.84. The summed E-state index contributed by atoms with van der Waals surface area (Å²) in [6.07, 6.45) is 0. The molecular formula is C13H12OY-2. The first-order valence-electron chi connectivity index (χ1n) is 4.37. The SMILES string of the molecule is Cc1cc[c-]cc1.Oc1cc[c-]cc1.[Y]. The molecular weight excluding hydrogens is 261 g/mol. The van der Waals surface area contributed by atoms with Crippen LogP contribution in [-0.4, -0.2) is 5.11 Å². The molecule has 0 aromatic heterocycles. The van der Waals surface area contributed by atoms with E-state index in [4.69, 9.17) is 5.11 Å². The van der Waals surface area contributed by atoms with Gasteiger partial charge in [-0.3, -0.25) is 0 Å². The van der Waals surface area contributed by atoms with Crippen LogP contribution < -0.4 is 0 Å². The number of hydrogen-bond donors (Lipinski definition) is 1. The summed E-state index contributed by atoms with van der Waals surface area (Å²) >= 11 is 0. The molecule has 2 aromatic rings. The summed E-state index contributed by atoms with van der Waals surface area (Å²) in [4.78, 5) is 0. The molecule has 0 heterocycles. The molecule has 2 heteroatoms. The third-order valence-electron chi connectivity index (χ3n) is 1.59. The van der Waals surface area contributed by atoms with Crippen LogP contribution in [-0.2, 0) is 32.7 Å². The van der Waals surface area contributed by atoms with Gasteiger partial charge in [-0.2, -0.15) is 54.1 Å². The van der Waals surface area contributed by atoms with Crippen LogP contribution in [0.1, 0.15) is 5.56 Å². The standard InChI is InChI=1S/C7H7.C6H5O.Y/c1-7-5-3-2-4-6-7;7-6-4-2-1-3-5-6;/h3-6H,1H3;2-5,7H;/q2*-1;. The van der Waals surface area contributed by atoms with Gasteiger partial charge in [-0.25, -0.2) is 0 Å². The van der Waals surface area contributed by atoms with Crippen LogP contribution in [0, 0.1) is 19.1 Å². The molecule has 0 bridgehead atoms. The number of benzene rings is 2. The van der Waals surface area contributed by atoms with Crippen LogP contribution in [0.15, 0.2) is 48.5 Å². The van der Waals surface area contributed by atoms with E-state index in [1.165, 1.54) is 5.56 Å². The Hall–Kier alpha value is -0.656. The van der Waals surface area contributed by atoms with Crippen molar-refractivity contribution in [1.82, 2.24) is 0 Å². The third kappa shape index (κ3) is 7.29. The topological polar surface area (TPSA) is 20.2 Å². The van der Waals surface area contributed by atoms with Crippen molar-refractivity contribution in [3.63, 3.8) is 0 Å². The minimum Gasteiger partial charge on any atom is -0.533 e. The Morgan fingerprint density at radius 2 is 1.27 bits per heavy atom. The van der Waals surface area contributed by atoms with Gasteiger partial charge in [0.2, 0.25) is 0 Å². The van der Waals surface area contributed by atoms with Gasteiger partial charge in [-0.15, -0.1) is 12.1 Å². The molecule has 0 aliphatic heterocycles. The van der Waals surface area contributed by atoms with Crippen molar-refractivity contribution in [2.24, 2.45) is 0 Å². The van der Waals surface area contributed by atoms with Crippen molar-refractivity contribution in [2.45, 2.75) is 6.92 Å². The van der Waals surface area contributed by atoms with Gasteiger partial charge in [0.1, 0.15) is 0 Å². The Labute approximate surface area is 116 Å². The maximum absolute atomic E-state index is 8.61. The third-order valence-corrected chi connectivity index (χ3v) is 1.59. The number of aromatic hydroxyl groups is 1. The van der Waals surface area contributed by atoms with Crippen LogP contribution in [0.3, 0.4) is 0 Å². The fraction of sp³-hybridized carbons (Fsp3) is 0.0769. The van der Waals surface area contributed by atoms with E-state index in [1.807, 2.05) is 24.3 Å². The van der Waals surface area contributed by atoms with E-state index in [-0.39, 0.29) is 32.7 Å². The summed E-state index contributed by atoms with van der Waals surface area (Å²) in [6.45, 7) is 2.06. The number of rotatable bonds is 0. The molecule has 0 atom stereocenters. The molecule has 1 N–H and O–H groups in total. The molecule has 2 rings (SSSR count). The number of aryl methyl sites for hydroxylation is 1. The van der Waals surface area contributed by atoms with Crippen molar-refractivity contribution in [3.05, 3.63) is 66.2 Å². The largest absolute Gasteiger partial charge is 0.533 e. The normalized spacial score (nSPS) is 8.07. The summed E-state index contributed by atoms with van der Waals surface area (Å²) < 4.78 is 0. The average molecular weight is 273 g/mol. The van der Waals surface area contributed by atoms with Gasteiger partial charge in [0.15, 0.2) is 0 Å². The van der Waals surface area contributed by atoms with E-state index in [9.17, 15) is 0 Å². The predicted octanol–water partition coefficient (Wildman–Crippen LogP) is 2.99. The van der Waals surface area contributed by atoms with E-state index in [1.54, 1.807) is 24.3 Å². The van der Waals surface area contributed by atoms with Crippen LogP contribution in [0.25, 0.3) is 0 Å². The van der Waals surface area contributed by atoms with Gasteiger partial charge in [0.25, 0.3) is 0 Å². The molecule has 0 spiro atoms. The smallest absolute Gasteiger partial charge is 0.00821 e. The Balaban J connectivity index is 0.000000245. The Bertz CT molecular complexity index is 308. The van der Waals surface area contributed by atoms with Crippen molar-refractivity contribution in [1.29, 1.82) is 0 Å². The van der Waals surface area contributed by atoms with Crippen molar-refractivity contribution in [2.75, 3.05) is 0 Å². The summed E-state index contributed by atoms with van der Waals surface area (Å²) in [5.41, 5.74) is 1.29. The van der Waals surface area contributed by atoms with Gasteiger partial charge in [0.05, 0.1) is 0 Å². The van der Waals surface area contributed by atoms with Gasteiger partial charge < -0.3 is 5.11 Å². The van der Waals surface area contributed by atoms with Crippen molar-refractivity contribution < 1.29 is 37.8 Å². The molecule has 1 radical (unpaired) electrons. The molecule has 2 aromatic carbocycles. The Kier molecular flexibility index (Phi) is 8.26. The van der Waals surface area contributed by atoms with Crippen LogP contribution >= 0.6 is 0 Å². The molecule has 0 fully saturated rings. The van der Waals surface area contributed by atoms with Crippen molar-refractivity contribution >= 4 is 0 Å². The van der Waals surface area contributed by atoms with E-state index < -0.39 is 0 Å². The summed E-state index contributed by atoms with van der Waals surface area (Å²) in [7, 11) is 0. The van der Waals surface area contributed by atoms with Crippen molar-refractivity contribution in [3.8, 4) is 5.75 Å². The maximum atomic E-state index is 8.61. The van der Waals surface area contributed by atoms with Crippen LogP contribution in [0.4, 0.5) is 0 Å². The van der Waals surface area contributed by atoms with Crippen LogP contribution in [0.5, 0.6) is 5.75 Å². The van der Waals surface area contributed by atoms with E-state index in [2.05, 4.69) is 19.1 Å². The fourth-order valence-electron chi connectivity index (χ4n) is 0.848. The summed E-state index contributed by atoms with van der Waals surface area (Å²) in [5, 5.41) is 8.61. The minimum absolute atomic E-state index is 0. The van der Waals surface area contributed by atoms with E-state index in [0.29, 0.717) is 5.75 Å². The zero-order chi connectivity index (χ0) is 10.2. The van der Waals surface area contributed by atoms with Gasteiger partial charge in [-0.1, -0.05) is 6.92 Å². The quantitative estimate of drug-likeness (QED) is 0.732. The maximum Gasteiger partial charge on any atom is 0.00821 e. The van der Waals surface area contributed by atoms with Gasteiger partial charge in [-0.05, 0) is 0 Å². The first kappa shape index (κ1) is 14.3. The zero-order valence-corrected chi connectivity index (χ0v) is 11.5. The van der Waals surface area contributed by atoms with E-state index >= 15 is 0 Å². The second-order valence-corrected chi connectivity index (χ2v) is 2.84. The Morgan fingerprint density at radius 3 is 1.47 bits per heavy atom. The monoisotopic (exact) mass is 273 g/mol. The number of phenols is 1. The summed E-state index contributed by atoms with van der Waals surface area (Å²) in [5.74, 6) is 0.291. The first-order chi connectivity index (χ1) is 6.79. The fourth-order valence-corrected chi connectivity index (χ4v) is 0.848. The molecule has 0 aliphatic carbocycles. The number of phenolic OH excluding ortho intramolecular Hbond substituents is 1. The first-order valence-corrected chi connectivity index (χ1v) is 4.37. The Morgan fingerprint density at radius 1 is 0.867 bits per heavy atom. The molecule has 1 nitrogen and oxygen atoms in total. The predicted molar refractivity (Wildman–Crippen MR) is 57.0 cm³/mol. The molecule has 0 saturated carbocycles. The minimum atomic E-state index is 0. The second kappa shape index (κ2) is 8.64. The number of hydrogen-bond acceptors (Lipinski definition) is 1.